The van der Waals surface area contributed by atoms with Gasteiger partial charge in [0, 0.05) is 45.0 Å². The number of halogens is 3. The Morgan fingerprint density at radius 3 is 2.62 bits per heavy atom. The molecule has 1 N–H and O–H groups in total. The van der Waals surface area contributed by atoms with Crippen LogP contribution in [0.3, 0.4) is 0 Å². The van der Waals surface area contributed by atoms with Gasteiger partial charge in [0.15, 0.2) is 5.16 Å². The van der Waals surface area contributed by atoms with Crippen molar-refractivity contribution in [3.8, 4) is 0 Å². The number of aryl methyl sites for hydroxylation is 1. The molecule has 1 fully saturated rings. The van der Waals surface area contributed by atoms with Crippen molar-refractivity contribution in [2.24, 2.45) is 0 Å². The lowest BCUT2D eigenvalue weighted by atomic mass is 10.2. The normalized spacial score (nSPS) is 14.4. The van der Waals surface area contributed by atoms with Crippen LogP contribution in [0.25, 0.3) is 0 Å². The van der Waals surface area contributed by atoms with Crippen LogP contribution in [-0.2, 0) is 0 Å². The number of thioether (sulfide) groups is 1. The zero-order valence-electron chi connectivity index (χ0n) is 16.3. The maximum absolute atomic E-state index is 12.3. The highest BCUT2D eigenvalue weighted by atomic mass is 35.5. The molecule has 2 aromatic rings. The van der Waals surface area contributed by atoms with Crippen LogP contribution in [0.1, 0.15) is 16.2 Å². The lowest BCUT2D eigenvalue weighted by molar-refractivity contribution is 0.0941. The fourth-order valence-corrected chi connectivity index (χ4v) is 3.96. The molecule has 0 saturated carbocycles. The van der Waals surface area contributed by atoms with Gasteiger partial charge < -0.3 is 10.2 Å². The molecule has 1 aromatic heterocycles. The fraction of sp³-hybridized carbons (Fsp3) is 0.421. The molecule has 1 aromatic carbocycles. The van der Waals surface area contributed by atoms with Gasteiger partial charge >= 0.3 is 0 Å². The highest BCUT2D eigenvalue weighted by molar-refractivity contribution is 7.98. The van der Waals surface area contributed by atoms with Gasteiger partial charge in [-0.15, -0.1) is 12.4 Å². The van der Waals surface area contributed by atoms with E-state index in [1.807, 2.05) is 25.3 Å². The number of carbonyl (C=O) groups is 1. The van der Waals surface area contributed by atoms with Crippen molar-refractivity contribution in [3.63, 3.8) is 0 Å². The zero-order valence-corrected chi connectivity index (χ0v) is 19.5. The van der Waals surface area contributed by atoms with Gasteiger partial charge in [-0.1, -0.05) is 41.0 Å². The molecule has 3 rings (SSSR count). The molecule has 29 heavy (non-hydrogen) atoms. The molecule has 2 heterocycles. The Morgan fingerprint density at radius 1 is 1.21 bits per heavy atom. The van der Waals surface area contributed by atoms with E-state index in [1.54, 1.807) is 12.1 Å². The minimum absolute atomic E-state index is 0. The lowest BCUT2D eigenvalue weighted by Gasteiger charge is -2.36. The molecule has 1 aliphatic heterocycles. The van der Waals surface area contributed by atoms with Crippen LogP contribution in [0.4, 0.5) is 5.69 Å². The molecule has 0 aliphatic carbocycles. The number of rotatable bonds is 6. The Bertz CT molecular complexity index is 847. The second kappa shape index (κ2) is 11.2. The van der Waals surface area contributed by atoms with Crippen molar-refractivity contribution in [2.45, 2.75) is 12.1 Å². The average molecular weight is 477 g/mol. The van der Waals surface area contributed by atoms with E-state index in [0.29, 0.717) is 27.4 Å². The number of aromatic nitrogens is 2. The van der Waals surface area contributed by atoms with Gasteiger partial charge in [-0.3, -0.25) is 9.69 Å². The number of hydrogen-bond acceptors (Lipinski definition) is 6. The van der Waals surface area contributed by atoms with Gasteiger partial charge in [0.2, 0.25) is 0 Å². The first-order valence-electron chi connectivity index (χ1n) is 9.07. The standard InChI is InChI=1S/C19H23Cl2N5OS.ClH/c1-13-12-15(24-19(23-13)28-2)18(27)22-6-7-25-8-10-26(11-9-25)16-5-3-4-14(20)17(16)21;/h3-5,12H,6-11H2,1-2H3,(H,22,27);1H. The fourth-order valence-electron chi connectivity index (χ4n) is 3.12. The third-order valence-electron chi connectivity index (χ3n) is 4.61. The maximum Gasteiger partial charge on any atom is 0.270 e. The van der Waals surface area contributed by atoms with Gasteiger partial charge in [-0.2, -0.15) is 0 Å². The summed E-state index contributed by atoms with van der Waals surface area (Å²) in [6.07, 6.45) is 1.90. The van der Waals surface area contributed by atoms with Crippen LogP contribution >= 0.6 is 47.4 Å². The van der Waals surface area contributed by atoms with Crippen molar-refractivity contribution in [1.29, 1.82) is 0 Å². The van der Waals surface area contributed by atoms with Gasteiger partial charge in [-0.05, 0) is 31.4 Å². The van der Waals surface area contributed by atoms with Gasteiger partial charge in [0.25, 0.3) is 5.91 Å². The summed E-state index contributed by atoms with van der Waals surface area (Å²) in [5, 5.41) is 4.75. The summed E-state index contributed by atoms with van der Waals surface area (Å²) < 4.78 is 0. The van der Waals surface area contributed by atoms with Crippen molar-refractivity contribution >= 4 is 59.0 Å². The summed E-state index contributed by atoms with van der Waals surface area (Å²) in [6.45, 7) is 6.79. The van der Waals surface area contributed by atoms with Crippen molar-refractivity contribution < 1.29 is 4.79 Å². The number of nitrogens with one attached hydrogen (secondary N) is 1. The van der Waals surface area contributed by atoms with Crippen LogP contribution < -0.4 is 10.2 Å². The molecular formula is C19H24Cl3N5OS. The molecule has 10 heteroatoms. The summed E-state index contributed by atoms with van der Waals surface area (Å²) in [7, 11) is 0. The van der Waals surface area contributed by atoms with Crippen LogP contribution in [0.5, 0.6) is 0 Å². The van der Waals surface area contributed by atoms with Crippen LogP contribution in [0.2, 0.25) is 10.0 Å². The SMILES string of the molecule is CSc1nc(C)cc(C(=O)NCCN2CCN(c3cccc(Cl)c3Cl)CC2)n1.Cl. The third kappa shape index (κ3) is 6.36. The Labute approximate surface area is 191 Å². The summed E-state index contributed by atoms with van der Waals surface area (Å²) in [4.78, 5) is 25.5. The molecule has 0 spiro atoms. The predicted octanol–water partition coefficient (Wildman–Crippen LogP) is 3.79. The smallest absolute Gasteiger partial charge is 0.270 e. The van der Waals surface area contributed by atoms with Crippen molar-refractivity contribution in [2.75, 3.05) is 50.4 Å². The molecule has 0 unspecified atom stereocenters. The molecule has 1 saturated heterocycles. The van der Waals surface area contributed by atoms with Crippen molar-refractivity contribution in [3.05, 3.63) is 45.7 Å². The second-order valence-corrected chi connectivity index (χ2v) is 8.10. The molecular weight excluding hydrogens is 453 g/mol. The quantitative estimate of drug-likeness (QED) is 0.506. The van der Waals surface area contributed by atoms with E-state index in [2.05, 4.69) is 25.1 Å². The number of anilines is 1. The summed E-state index contributed by atoms with van der Waals surface area (Å²) in [5.74, 6) is -0.162. The summed E-state index contributed by atoms with van der Waals surface area (Å²) in [5.41, 5.74) is 2.18. The number of benzene rings is 1. The second-order valence-electron chi connectivity index (χ2n) is 6.54. The summed E-state index contributed by atoms with van der Waals surface area (Å²) in [6, 6.07) is 7.43. The topological polar surface area (TPSA) is 61.4 Å². The summed E-state index contributed by atoms with van der Waals surface area (Å²) >= 11 is 13.9. The Kier molecular flexibility index (Phi) is 9.30. The van der Waals surface area contributed by atoms with E-state index in [4.69, 9.17) is 23.2 Å². The molecule has 1 aliphatic rings. The van der Waals surface area contributed by atoms with E-state index >= 15 is 0 Å². The predicted molar refractivity (Wildman–Crippen MR) is 123 cm³/mol. The largest absolute Gasteiger partial charge is 0.368 e. The molecule has 6 nitrogen and oxygen atoms in total. The molecule has 0 radical (unpaired) electrons. The van der Waals surface area contributed by atoms with E-state index in [0.717, 1.165) is 44.1 Å². The van der Waals surface area contributed by atoms with Crippen LogP contribution in [0, 0.1) is 6.92 Å². The first kappa shape index (κ1) is 24.0. The molecule has 158 valence electrons. The van der Waals surface area contributed by atoms with E-state index < -0.39 is 0 Å². The highest BCUT2D eigenvalue weighted by Crippen LogP contribution is 2.32. The number of hydrogen-bond donors (Lipinski definition) is 1. The number of carbonyl (C=O) groups excluding carboxylic acids is 1. The third-order valence-corrected chi connectivity index (χ3v) is 5.96. The number of piperazine rings is 1. The lowest BCUT2D eigenvalue weighted by Crippen LogP contribution is -2.48. The first-order chi connectivity index (χ1) is 13.5. The minimum Gasteiger partial charge on any atom is -0.368 e. The monoisotopic (exact) mass is 475 g/mol. The Morgan fingerprint density at radius 2 is 1.93 bits per heavy atom. The zero-order chi connectivity index (χ0) is 20.1. The molecule has 1 amide bonds. The molecule has 0 bridgehead atoms. The maximum atomic E-state index is 12.3. The van der Waals surface area contributed by atoms with Crippen molar-refractivity contribution in [1.82, 2.24) is 20.2 Å². The minimum atomic E-state index is -0.162. The number of amides is 1. The van der Waals surface area contributed by atoms with E-state index in [1.165, 1.54) is 11.8 Å². The van der Waals surface area contributed by atoms with Crippen LogP contribution in [-0.4, -0.2) is 66.3 Å². The molecule has 0 atom stereocenters. The highest BCUT2D eigenvalue weighted by Gasteiger charge is 2.20. The first-order valence-corrected chi connectivity index (χ1v) is 11.0. The van der Waals surface area contributed by atoms with E-state index in [-0.39, 0.29) is 18.3 Å². The number of nitrogens with zero attached hydrogens (tertiary/aromatic N) is 4. The van der Waals surface area contributed by atoms with Gasteiger partial charge in [-0.25, -0.2) is 9.97 Å². The van der Waals surface area contributed by atoms with E-state index in [9.17, 15) is 4.79 Å². The van der Waals surface area contributed by atoms with Crippen LogP contribution in [0.15, 0.2) is 29.4 Å². The van der Waals surface area contributed by atoms with Gasteiger partial charge in [0.05, 0.1) is 15.7 Å². The van der Waals surface area contributed by atoms with Gasteiger partial charge in [0.1, 0.15) is 5.69 Å². The Balaban J connectivity index is 0.00000300. The Hall–Kier alpha value is -1.25. The average Bonchev–Trinajstić information content (AvgIpc) is 2.70.